The fraction of sp³-hybridized carbons (Fsp3) is 0.257. The van der Waals surface area contributed by atoms with Crippen LogP contribution in [0, 0.1) is 6.92 Å². The van der Waals surface area contributed by atoms with Crippen molar-refractivity contribution in [2.45, 2.75) is 57.1 Å². The summed E-state index contributed by atoms with van der Waals surface area (Å²) in [4.78, 5) is 29.9. The van der Waals surface area contributed by atoms with E-state index in [9.17, 15) is 18.0 Å². The lowest BCUT2D eigenvalue weighted by Crippen LogP contribution is -2.54. The van der Waals surface area contributed by atoms with Gasteiger partial charge in [-0.1, -0.05) is 107 Å². The van der Waals surface area contributed by atoms with Gasteiger partial charge in [-0.15, -0.1) is 0 Å². The van der Waals surface area contributed by atoms with Crippen molar-refractivity contribution in [2.24, 2.45) is 0 Å². The molecule has 0 heterocycles. The van der Waals surface area contributed by atoms with E-state index < -0.39 is 28.5 Å². The topological polar surface area (TPSA) is 86.8 Å². The van der Waals surface area contributed by atoms with Crippen LogP contribution in [-0.4, -0.2) is 43.8 Å². The van der Waals surface area contributed by atoms with E-state index in [2.05, 4.69) is 5.32 Å². The largest absolute Gasteiger partial charge is 0.352 e. The summed E-state index contributed by atoms with van der Waals surface area (Å²) in [6, 6.07) is 23.6. The number of carbonyl (C=O) groups is 2. The predicted octanol–water partition coefficient (Wildman–Crippen LogP) is 8.36. The molecule has 0 radical (unpaired) electrons. The summed E-state index contributed by atoms with van der Waals surface area (Å²) in [6.07, 6.45) is 0.840. The number of hydrogen-bond acceptors (Lipinski definition) is 4. The number of aryl methyl sites for hydroxylation is 1. The average molecular weight is 736 g/mol. The van der Waals surface area contributed by atoms with Gasteiger partial charge in [-0.25, -0.2) is 8.42 Å². The number of sulfonamides is 1. The van der Waals surface area contributed by atoms with Crippen LogP contribution in [0.4, 0.5) is 5.69 Å². The summed E-state index contributed by atoms with van der Waals surface area (Å²) in [6.45, 7) is 4.94. The molecule has 0 fully saturated rings. The number of nitrogens with one attached hydrogen (secondary N) is 1. The molecule has 0 aliphatic carbocycles. The van der Waals surface area contributed by atoms with Gasteiger partial charge in [0.05, 0.1) is 20.6 Å². The first-order valence-corrected chi connectivity index (χ1v) is 17.9. The maximum atomic E-state index is 14.6. The number of benzene rings is 4. The highest BCUT2D eigenvalue weighted by atomic mass is 35.5. The smallest absolute Gasteiger partial charge is 0.264 e. The summed E-state index contributed by atoms with van der Waals surface area (Å²) >= 11 is 25.1. The first-order valence-electron chi connectivity index (χ1n) is 14.9. The van der Waals surface area contributed by atoms with Crippen molar-refractivity contribution in [1.82, 2.24) is 10.2 Å². The molecule has 4 rings (SSSR count). The summed E-state index contributed by atoms with van der Waals surface area (Å²) in [5.41, 5.74) is 2.37. The maximum absolute atomic E-state index is 14.6. The molecule has 0 aromatic heterocycles. The van der Waals surface area contributed by atoms with E-state index >= 15 is 0 Å². The van der Waals surface area contributed by atoms with Gasteiger partial charge in [-0.05, 0) is 73.9 Å². The Labute approximate surface area is 296 Å². The molecule has 12 heteroatoms. The van der Waals surface area contributed by atoms with Crippen LogP contribution in [0.5, 0.6) is 0 Å². The van der Waals surface area contributed by atoms with Gasteiger partial charge in [0, 0.05) is 29.1 Å². The Kier molecular flexibility index (Phi) is 12.6. The zero-order valence-electron chi connectivity index (χ0n) is 26.1. The number of carbonyl (C=O) groups excluding carboxylic acids is 2. The number of rotatable bonds is 13. The molecule has 0 unspecified atom stereocenters. The van der Waals surface area contributed by atoms with Crippen molar-refractivity contribution in [3.8, 4) is 0 Å². The molecule has 4 aromatic rings. The van der Waals surface area contributed by atoms with E-state index in [1.54, 1.807) is 30.3 Å². The predicted molar refractivity (Wildman–Crippen MR) is 191 cm³/mol. The molecular formula is C35H35Cl4N3O4S. The minimum absolute atomic E-state index is 0.0293. The van der Waals surface area contributed by atoms with Crippen molar-refractivity contribution in [3.05, 3.63) is 128 Å². The second kappa shape index (κ2) is 16.2. The lowest BCUT2D eigenvalue weighted by atomic mass is 10.0. The second-order valence-corrected chi connectivity index (χ2v) is 14.8. The van der Waals surface area contributed by atoms with Gasteiger partial charge < -0.3 is 10.2 Å². The molecule has 248 valence electrons. The molecule has 0 spiro atoms. The molecule has 2 atom stereocenters. The van der Waals surface area contributed by atoms with Crippen LogP contribution in [0.25, 0.3) is 0 Å². The van der Waals surface area contributed by atoms with Crippen LogP contribution in [0.3, 0.4) is 0 Å². The van der Waals surface area contributed by atoms with Crippen LogP contribution in [-0.2, 0) is 32.6 Å². The van der Waals surface area contributed by atoms with Crippen LogP contribution in [0.2, 0.25) is 20.1 Å². The van der Waals surface area contributed by atoms with Gasteiger partial charge in [0.25, 0.3) is 10.0 Å². The molecule has 4 aromatic carbocycles. The van der Waals surface area contributed by atoms with Gasteiger partial charge in [0.15, 0.2) is 0 Å². The third-order valence-electron chi connectivity index (χ3n) is 7.63. The molecule has 2 amide bonds. The number of nitrogens with zero attached hydrogens (tertiary/aromatic N) is 2. The van der Waals surface area contributed by atoms with Gasteiger partial charge in [0.2, 0.25) is 11.8 Å². The van der Waals surface area contributed by atoms with Crippen LogP contribution >= 0.6 is 46.4 Å². The minimum Gasteiger partial charge on any atom is -0.352 e. The molecule has 0 saturated heterocycles. The summed E-state index contributed by atoms with van der Waals surface area (Å²) in [5.74, 6) is -1.02. The standard InChI is InChI=1S/C35H35Cl4N3O4S/c1-4-24(3)40-35(44)33(17-25-8-6-5-7-9-25)41(21-26-12-15-31(38)32(39)16-26)34(43)22-42(29-19-27(36)18-28(37)20-29)47(45,46)30-13-10-23(2)11-14-30/h5-16,18-20,24,33H,4,17,21-22H2,1-3H3,(H,40,44)/t24-,33+/m1/s1. The van der Waals surface area contributed by atoms with E-state index in [4.69, 9.17) is 46.4 Å². The Morgan fingerprint density at radius 3 is 2.04 bits per heavy atom. The molecule has 47 heavy (non-hydrogen) atoms. The Balaban J connectivity index is 1.85. The van der Waals surface area contributed by atoms with Crippen molar-refractivity contribution < 1.29 is 18.0 Å². The second-order valence-electron chi connectivity index (χ2n) is 11.2. The van der Waals surface area contributed by atoms with E-state index in [0.717, 1.165) is 15.4 Å². The molecule has 0 saturated carbocycles. The number of amides is 2. The monoisotopic (exact) mass is 733 g/mol. The SMILES string of the molecule is CC[C@@H](C)NC(=O)[C@H](Cc1ccccc1)N(Cc1ccc(Cl)c(Cl)c1)C(=O)CN(c1cc(Cl)cc(Cl)c1)S(=O)(=O)c1ccc(C)cc1. The average Bonchev–Trinajstić information content (AvgIpc) is 3.03. The molecular weight excluding hydrogens is 700 g/mol. The highest BCUT2D eigenvalue weighted by Gasteiger charge is 2.35. The quantitative estimate of drug-likeness (QED) is 0.150. The minimum atomic E-state index is -4.32. The number of hydrogen-bond donors (Lipinski definition) is 1. The zero-order valence-corrected chi connectivity index (χ0v) is 29.9. The van der Waals surface area contributed by atoms with Crippen molar-refractivity contribution in [3.63, 3.8) is 0 Å². The van der Waals surface area contributed by atoms with Crippen molar-refractivity contribution in [1.29, 1.82) is 0 Å². The van der Waals surface area contributed by atoms with Gasteiger partial charge in [0.1, 0.15) is 12.6 Å². The normalized spacial score (nSPS) is 12.7. The van der Waals surface area contributed by atoms with E-state index in [-0.39, 0.29) is 50.6 Å². The van der Waals surface area contributed by atoms with Crippen LogP contribution in [0.15, 0.2) is 95.9 Å². The van der Waals surface area contributed by atoms with Gasteiger partial charge in [-0.2, -0.15) is 0 Å². The van der Waals surface area contributed by atoms with Crippen molar-refractivity contribution in [2.75, 3.05) is 10.8 Å². The highest BCUT2D eigenvalue weighted by Crippen LogP contribution is 2.31. The fourth-order valence-corrected chi connectivity index (χ4v) is 7.11. The van der Waals surface area contributed by atoms with Crippen LogP contribution in [0.1, 0.15) is 37.0 Å². The van der Waals surface area contributed by atoms with Crippen LogP contribution < -0.4 is 9.62 Å². The Morgan fingerprint density at radius 2 is 1.45 bits per heavy atom. The Hall–Kier alpha value is -3.27. The Morgan fingerprint density at radius 1 is 0.809 bits per heavy atom. The first kappa shape index (κ1) is 36.6. The molecule has 0 aliphatic rings. The van der Waals surface area contributed by atoms with E-state index in [0.29, 0.717) is 17.0 Å². The molecule has 7 nitrogen and oxygen atoms in total. The van der Waals surface area contributed by atoms with E-state index in [1.165, 1.54) is 35.2 Å². The van der Waals surface area contributed by atoms with Gasteiger partial charge in [-0.3, -0.25) is 13.9 Å². The maximum Gasteiger partial charge on any atom is 0.264 e. The first-order chi connectivity index (χ1) is 22.3. The van der Waals surface area contributed by atoms with Crippen molar-refractivity contribution >= 4 is 73.9 Å². The third-order valence-corrected chi connectivity index (χ3v) is 10.6. The summed E-state index contributed by atoms with van der Waals surface area (Å²) < 4.78 is 29.4. The summed E-state index contributed by atoms with van der Waals surface area (Å²) in [7, 11) is -4.32. The summed E-state index contributed by atoms with van der Waals surface area (Å²) in [5, 5.41) is 3.99. The number of halogens is 4. The lowest BCUT2D eigenvalue weighted by Gasteiger charge is -2.34. The number of anilines is 1. The lowest BCUT2D eigenvalue weighted by molar-refractivity contribution is -0.140. The third kappa shape index (κ3) is 9.64. The van der Waals surface area contributed by atoms with E-state index in [1.807, 2.05) is 51.1 Å². The molecule has 0 bridgehead atoms. The molecule has 1 N–H and O–H groups in total. The Bertz CT molecular complexity index is 1800. The van der Waals surface area contributed by atoms with Gasteiger partial charge >= 0.3 is 0 Å². The molecule has 0 aliphatic heterocycles. The zero-order chi connectivity index (χ0) is 34.3. The fourth-order valence-electron chi connectivity index (χ4n) is 4.88. The highest BCUT2D eigenvalue weighted by molar-refractivity contribution is 7.92.